The Hall–Kier alpha value is -1.07. The standard InChI is InChI=1S/C9H11N3OS/c10-9(11)8-2-1-6(3-12-8)14-7-4-13-5-7/h1-3,7H,4-5H2,(H3,10,11). The fraction of sp³-hybridized carbons (Fsp3) is 0.333. The number of ether oxygens (including phenoxy) is 1. The topological polar surface area (TPSA) is 72.0 Å². The minimum atomic E-state index is 0.00790. The Balaban J connectivity index is 2.01. The monoisotopic (exact) mass is 209 g/mol. The highest BCUT2D eigenvalue weighted by atomic mass is 32.2. The molecule has 2 rings (SSSR count). The summed E-state index contributed by atoms with van der Waals surface area (Å²) in [5, 5.41) is 7.74. The molecule has 1 aliphatic heterocycles. The maximum absolute atomic E-state index is 7.18. The summed E-state index contributed by atoms with van der Waals surface area (Å²) in [6.07, 6.45) is 1.75. The highest BCUT2D eigenvalue weighted by Gasteiger charge is 2.19. The Bertz CT molecular complexity index is 334. The normalized spacial score (nSPS) is 16.3. The summed E-state index contributed by atoms with van der Waals surface area (Å²) in [7, 11) is 0. The Morgan fingerprint density at radius 2 is 2.36 bits per heavy atom. The molecule has 0 aliphatic carbocycles. The quantitative estimate of drug-likeness (QED) is 0.572. The van der Waals surface area contributed by atoms with Crippen LogP contribution >= 0.6 is 11.8 Å². The second kappa shape index (κ2) is 3.98. The molecule has 0 spiro atoms. The van der Waals surface area contributed by atoms with E-state index in [1.165, 1.54) is 0 Å². The molecule has 1 aromatic rings. The second-order valence-electron chi connectivity index (χ2n) is 3.07. The largest absolute Gasteiger partial charge is 0.382 e. The fourth-order valence-corrected chi connectivity index (χ4v) is 2.06. The van der Waals surface area contributed by atoms with Crippen LogP contribution in [0.25, 0.3) is 0 Å². The maximum atomic E-state index is 7.18. The summed E-state index contributed by atoms with van der Waals surface area (Å²) in [6.45, 7) is 1.64. The van der Waals surface area contributed by atoms with E-state index in [2.05, 4.69) is 4.98 Å². The van der Waals surface area contributed by atoms with E-state index in [1.807, 2.05) is 6.07 Å². The summed E-state index contributed by atoms with van der Waals surface area (Å²) in [5.41, 5.74) is 5.82. The van der Waals surface area contributed by atoms with Crippen molar-refractivity contribution in [3.05, 3.63) is 24.0 Å². The average molecular weight is 209 g/mol. The Labute approximate surface area is 86.4 Å². The predicted octanol–water partition coefficient (Wildman–Crippen LogP) is 0.857. The smallest absolute Gasteiger partial charge is 0.141 e. The van der Waals surface area contributed by atoms with Crippen molar-refractivity contribution in [1.82, 2.24) is 4.98 Å². The Morgan fingerprint density at radius 1 is 1.57 bits per heavy atom. The van der Waals surface area contributed by atoms with Gasteiger partial charge < -0.3 is 10.5 Å². The summed E-state index contributed by atoms with van der Waals surface area (Å²) in [6, 6.07) is 3.71. The minimum Gasteiger partial charge on any atom is -0.382 e. The SMILES string of the molecule is N=C(N)c1ccc(SC2COC2)cn1. The lowest BCUT2D eigenvalue weighted by Gasteiger charge is -2.24. The van der Waals surface area contributed by atoms with Gasteiger partial charge in [-0.2, -0.15) is 0 Å². The van der Waals surface area contributed by atoms with Crippen molar-refractivity contribution >= 4 is 17.6 Å². The molecule has 3 N–H and O–H groups in total. The molecule has 74 valence electrons. The highest BCUT2D eigenvalue weighted by Crippen LogP contribution is 2.27. The van der Waals surface area contributed by atoms with Crippen LogP contribution in [-0.2, 0) is 4.74 Å². The van der Waals surface area contributed by atoms with Crippen molar-refractivity contribution in [1.29, 1.82) is 5.41 Å². The molecule has 1 aromatic heterocycles. The molecule has 0 aromatic carbocycles. The zero-order chi connectivity index (χ0) is 9.97. The number of nitrogens with one attached hydrogen (secondary N) is 1. The van der Waals surface area contributed by atoms with Gasteiger partial charge in [-0.25, -0.2) is 0 Å². The van der Waals surface area contributed by atoms with Crippen LogP contribution in [0.5, 0.6) is 0 Å². The van der Waals surface area contributed by atoms with Crippen molar-refractivity contribution in [3.8, 4) is 0 Å². The van der Waals surface area contributed by atoms with E-state index in [1.54, 1.807) is 24.0 Å². The number of aromatic nitrogens is 1. The van der Waals surface area contributed by atoms with Crippen LogP contribution in [-0.4, -0.2) is 29.3 Å². The van der Waals surface area contributed by atoms with E-state index < -0.39 is 0 Å². The van der Waals surface area contributed by atoms with Crippen LogP contribution in [0.3, 0.4) is 0 Å². The van der Waals surface area contributed by atoms with Gasteiger partial charge in [0.1, 0.15) is 11.5 Å². The first-order valence-corrected chi connectivity index (χ1v) is 5.18. The summed E-state index contributed by atoms with van der Waals surface area (Å²) in [4.78, 5) is 5.18. The molecule has 1 aliphatic rings. The van der Waals surface area contributed by atoms with Gasteiger partial charge in [0.15, 0.2) is 0 Å². The summed E-state index contributed by atoms with van der Waals surface area (Å²) >= 11 is 1.75. The molecule has 0 atom stereocenters. The molecule has 14 heavy (non-hydrogen) atoms. The van der Waals surface area contributed by atoms with Gasteiger partial charge in [-0.05, 0) is 12.1 Å². The molecule has 0 radical (unpaired) electrons. The molecule has 0 amide bonds. The van der Waals surface area contributed by atoms with Crippen LogP contribution in [0.4, 0.5) is 0 Å². The number of amidine groups is 1. The van der Waals surface area contributed by atoms with Gasteiger partial charge in [0.25, 0.3) is 0 Å². The lowest BCUT2D eigenvalue weighted by atomic mass is 10.3. The minimum absolute atomic E-state index is 0.00790. The number of pyridine rings is 1. The van der Waals surface area contributed by atoms with E-state index >= 15 is 0 Å². The first-order valence-electron chi connectivity index (χ1n) is 4.30. The van der Waals surface area contributed by atoms with Crippen molar-refractivity contribution < 1.29 is 4.74 Å². The van der Waals surface area contributed by atoms with E-state index in [0.717, 1.165) is 18.1 Å². The van der Waals surface area contributed by atoms with Gasteiger partial charge in [0, 0.05) is 11.1 Å². The lowest BCUT2D eigenvalue weighted by molar-refractivity contribution is 0.0455. The number of hydrogen-bond acceptors (Lipinski definition) is 4. The molecule has 4 nitrogen and oxygen atoms in total. The first-order chi connectivity index (χ1) is 6.75. The van der Waals surface area contributed by atoms with Gasteiger partial charge in [-0.1, -0.05) is 0 Å². The Kier molecular flexibility index (Phi) is 2.69. The molecule has 1 fully saturated rings. The number of rotatable bonds is 3. The number of nitrogens with two attached hydrogens (primary N) is 1. The van der Waals surface area contributed by atoms with Crippen LogP contribution in [0.1, 0.15) is 5.69 Å². The van der Waals surface area contributed by atoms with Crippen molar-refractivity contribution in [3.63, 3.8) is 0 Å². The van der Waals surface area contributed by atoms with Gasteiger partial charge in [0.2, 0.25) is 0 Å². The van der Waals surface area contributed by atoms with Gasteiger partial charge in [-0.15, -0.1) is 11.8 Å². The van der Waals surface area contributed by atoms with Crippen LogP contribution < -0.4 is 5.73 Å². The van der Waals surface area contributed by atoms with E-state index in [-0.39, 0.29) is 5.84 Å². The Morgan fingerprint density at radius 3 is 2.79 bits per heavy atom. The lowest BCUT2D eigenvalue weighted by Crippen LogP contribution is -2.30. The average Bonchev–Trinajstić information content (AvgIpc) is 2.12. The number of nitrogen functional groups attached to an aromatic ring is 1. The molecule has 0 bridgehead atoms. The number of hydrogen-bond donors (Lipinski definition) is 2. The van der Waals surface area contributed by atoms with Crippen molar-refractivity contribution in [2.24, 2.45) is 5.73 Å². The third-order valence-corrected chi connectivity index (χ3v) is 3.04. The third kappa shape index (κ3) is 2.05. The van der Waals surface area contributed by atoms with Gasteiger partial charge in [0.05, 0.1) is 18.5 Å². The first kappa shape index (κ1) is 9.48. The molecule has 2 heterocycles. The van der Waals surface area contributed by atoms with Gasteiger partial charge in [-0.3, -0.25) is 10.4 Å². The summed E-state index contributed by atoms with van der Waals surface area (Å²) < 4.78 is 5.07. The number of thioether (sulfide) groups is 1. The summed E-state index contributed by atoms with van der Waals surface area (Å²) in [5.74, 6) is 0.00790. The second-order valence-corrected chi connectivity index (χ2v) is 4.44. The van der Waals surface area contributed by atoms with E-state index in [9.17, 15) is 0 Å². The molecular weight excluding hydrogens is 198 g/mol. The van der Waals surface area contributed by atoms with E-state index in [0.29, 0.717) is 10.9 Å². The van der Waals surface area contributed by atoms with Crippen LogP contribution in [0, 0.1) is 5.41 Å². The van der Waals surface area contributed by atoms with Crippen molar-refractivity contribution in [2.75, 3.05) is 13.2 Å². The van der Waals surface area contributed by atoms with Gasteiger partial charge >= 0.3 is 0 Å². The van der Waals surface area contributed by atoms with Crippen molar-refractivity contribution in [2.45, 2.75) is 10.1 Å². The fourth-order valence-electron chi connectivity index (χ4n) is 1.08. The highest BCUT2D eigenvalue weighted by molar-refractivity contribution is 8.00. The number of nitrogens with zero attached hydrogens (tertiary/aromatic N) is 1. The maximum Gasteiger partial charge on any atom is 0.141 e. The predicted molar refractivity (Wildman–Crippen MR) is 55.7 cm³/mol. The zero-order valence-corrected chi connectivity index (χ0v) is 8.38. The molecule has 5 heteroatoms. The molecular formula is C9H11N3OS. The third-order valence-electron chi connectivity index (χ3n) is 1.92. The molecule has 1 saturated heterocycles. The molecule has 0 unspecified atom stereocenters. The molecule has 0 saturated carbocycles. The van der Waals surface area contributed by atoms with Crippen LogP contribution in [0.2, 0.25) is 0 Å². The van der Waals surface area contributed by atoms with E-state index in [4.69, 9.17) is 15.9 Å². The van der Waals surface area contributed by atoms with Crippen LogP contribution in [0.15, 0.2) is 23.2 Å². The zero-order valence-electron chi connectivity index (χ0n) is 7.56.